The molecule has 0 unspecified atom stereocenters. The minimum Gasteiger partial charge on any atom is -0.364 e. The van der Waals surface area contributed by atoms with Crippen molar-refractivity contribution >= 4 is 28.3 Å². The number of carbonyl (C=O) groups excluding carboxylic acids is 1. The maximum Gasteiger partial charge on any atom is 0.265 e. The third-order valence-corrected chi connectivity index (χ3v) is 2.43. The predicted molar refractivity (Wildman–Crippen MR) is 58.1 cm³/mol. The van der Waals surface area contributed by atoms with Crippen LogP contribution in [0.1, 0.15) is 10.5 Å². The first-order valence-electron chi connectivity index (χ1n) is 4.21. The molecule has 5 heteroatoms. The molecule has 0 spiro atoms. The molecule has 1 amide bonds. The largest absolute Gasteiger partial charge is 0.364 e. The molecule has 2 aromatic rings. The molecule has 0 bridgehead atoms. The van der Waals surface area contributed by atoms with Gasteiger partial charge in [0.25, 0.3) is 11.5 Å². The summed E-state index contributed by atoms with van der Waals surface area (Å²) in [6.07, 6.45) is 0. The second-order valence-electron chi connectivity index (χ2n) is 3.08. The number of nitrogens with two attached hydrogens (primary N) is 1. The molecule has 0 aliphatic rings. The quantitative estimate of drug-likeness (QED) is 0.763. The maximum absolute atomic E-state index is 11.5. The van der Waals surface area contributed by atoms with Crippen LogP contribution in [0.5, 0.6) is 0 Å². The van der Waals surface area contributed by atoms with Gasteiger partial charge in [-0.25, -0.2) is 0 Å². The van der Waals surface area contributed by atoms with Gasteiger partial charge in [-0.05, 0) is 18.2 Å². The van der Waals surface area contributed by atoms with Gasteiger partial charge in [-0.3, -0.25) is 9.59 Å². The Kier molecular flexibility index (Phi) is 2.21. The molecule has 0 saturated carbocycles. The average molecular weight is 223 g/mol. The molecule has 15 heavy (non-hydrogen) atoms. The van der Waals surface area contributed by atoms with Gasteiger partial charge in [-0.1, -0.05) is 17.7 Å². The van der Waals surface area contributed by atoms with Crippen molar-refractivity contribution in [2.45, 2.75) is 0 Å². The van der Waals surface area contributed by atoms with Crippen LogP contribution >= 0.6 is 11.6 Å². The van der Waals surface area contributed by atoms with Crippen molar-refractivity contribution in [3.63, 3.8) is 0 Å². The van der Waals surface area contributed by atoms with Crippen molar-refractivity contribution in [1.82, 2.24) is 4.98 Å². The van der Waals surface area contributed by atoms with E-state index in [1.807, 2.05) is 0 Å². The highest BCUT2D eigenvalue weighted by Crippen LogP contribution is 2.20. The number of carbonyl (C=O) groups is 1. The van der Waals surface area contributed by atoms with Crippen molar-refractivity contribution in [2.24, 2.45) is 5.73 Å². The first-order chi connectivity index (χ1) is 7.09. The Morgan fingerprint density at radius 1 is 1.33 bits per heavy atom. The van der Waals surface area contributed by atoms with Gasteiger partial charge in [-0.2, -0.15) is 0 Å². The summed E-state index contributed by atoms with van der Waals surface area (Å²) in [6, 6.07) is 6.42. The lowest BCUT2D eigenvalue weighted by Crippen LogP contribution is -2.18. The zero-order chi connectivity index (χ0) is 11.0. The monoisotopic (exact) mass is 222 g/mol. The molecule has 0 fully saturated rings. The zero-order valence-corrected chi connectivity index (χ0v) is 8.34. The molecule has 1 aromatic carbocycles. The molecule has 3 N–H and O–H groups in total. The van der Waals surface area contributed by atoms with E-state index in [1.54, 1.807) is 18.2 Å². The van der Waals surface area contributed by atoms with Gasteiger partial charge in [0.15, 0.2) is 0 Å². The fourth-order valence-electron chi connectivity index (χ4n) is 1.38. The Morgan fingerprint density at radius 3 is 2.73 bits per heavy atom. The van der Waals surface area contributed by atoms with E-state index in [-0.39, 0.29) is 11.3 Å². The van der Waals surface area contributed by atoms with Crippen LogP contribution in [0.25, 0.3) is 10.8 Å². The van der Waals surface area contributed by atoms with E-state index >= 15 is 0 Å². The summed E-state index contributed by atoms with van der Waals surface area (Å²) in [7, 11) is 0. The third-order valence-electron chi connectivity index (χ3n) is 2.10. The normalized spacial score (nSPS) is 10.5. The highest BCUT2D eigenvalue weighted by Gasteiger charge is 2.07. The van der Waals surface area contributed by atoms with Gasteiger partial charge >= 0.3 is 0 Å². The number of hydrogen-bond acceptors (Lipinski definition) is 2. The first-order valence-corrected chi connectivity index (χ1v) is 4.59. The Hall–Kier alpha value is -1.81. The average Bonchev–Trinajstić information content (AvgIpc) is 2.19. The zero-order valence-electron chi connectivity index (χ0n) is 7.58. The Labute approximate surface area is 89.7 Å². The van der Waals surface area contributed by atoms with Crippen molar-refractivity contribution in [3.8, 4) is 0 Å². The van der Waals surface area contributed by atoms with E-state index < -0.39 is 5.91 Å². The van der Waals surface area contributed by atoms with Crippen molar-refractivity contribution in [1.29, 1.82) is 0 Å². The number of H-pyrrole nitrogens is 1. The summed E-state index contributed by atoms with van der Waals surface area (Å²) >= 11 is 5.90. The molecular weight excluding hydrogens is 216 g/mol. The van der Waals surface area contributed by atoms with Crippen LogP contribution in [-0.4, -0.2) is 10.9 Å². The number of halogens is 1. The number of amides is 1. The van der Waals surface area contributed by atoms with Crippen LogP contribution in [0.15, 0.2) is 29.1 Å². The van der Waals surface area contributed by atoms with Crippen molar-refractivity contribution < 1.29 is 4.79 Å². The molecule has 1 aromatic heterocycles. The van der Waals surface area contributed by atoms with Crippen LogP contribution in [0.4, 0.5) is 0 Å². The van der Waals surface area contributed by atoms with Gasteiger partial charge in [0, 0.05) is 15.8 Å². The lowest BCUT2D eigenvalue weighted by Gasteiger charge is -2.01. The third kappa shape index (κ3) is 1.59. The van der Waals surface area contributed by atoms with Gasteiger partial charge in [-0.15, -0.1) is 0 Å². The van der Waals surface area contributed by atoms with E-state index in [0.29, 0.717) is 15.8 Å². The molecule has 0 atom stereocenters. The minimum absolute atomic E-state index is 0.0561. The molecule has 0 aliphatic heterocycles. The minimum atomic E-state index is -0.686. The highest BCUT2D eigenvalue weighted by atomic mass is 35.5. The fourth-order valence-corrected chi connectivity index (χ4v) is 1.61. The Balaban J connectivity index is 2.92. The van der Waals surface area contributed by atoms with Gasteiger partial charge in [0.1, 0.15) is 5.69 Å². The van der Waals surface area contributed by atoms with Crippen LogP contribution < -0.4 is 11.3 Å². The molecule has 0 aliphatic carbocycles. The number of aromatic nitrogens is 1. The molecule has 0 radical (unpaired) electrons. The fraction of sp³-hybridized carbons (Fsp3) is 0. The van der Waals surface area contributed by atoms with Crippen LogP contribution in [0, 0.1) is 0 Å². The Bertz CT molecular complexity index is 604. The second-order valence-corrected chi connectivity index (χ2v) is 3.48. The van der Waals surface area contributed by atoms with E-state index in [1.165, 1.54) is 6.07 Å². The van der Waals surface area contributed by atoms with E-state index in [2.05, 4.69) is 4.98 Å². The number of primary amides is 1. The van der Waals surface area contributed by atoms with Crippen molar-refractivity contribution in [2.75, 3.05) is 0 Å². The molecular formula is C10H7ClN2O2. The SMILES string of the molecule is NC(=O)c1cc2c(Cl)cccc2c(=O)[nH]1. The van der Waals surface area contributed by atoms with Gasteiger partial charge < -0.3 is 10.7 Å². The number of nitrogens with one attached hydrogen (secondary N) is 1. The first kappa shape index (κ1) is 9.73. The summed E-state index contributed by atoms with van der Waals surface area (Å²) in [5.41, 5.74) is 4.76. The van der Waals surface area contributed by atoms with Crippen LogP contribution in [-0.2, 0) is 0 Å². The number of aromatic amines is 1. The van der Waals surface area contributed by atoms with E-state index in [4.69, 9.17) is 17.3 Å². The summed E-state index contributed by atoms with van der Waals surface area (Å²) in [5.74, 6) is -0.686. The number of benzene rings is 1. The molecule has 2 rings (SSSR count). The lowest BCUT2D eigenvalue weighted by atomic mass is 10.1. The topological polar surface area (TPSA) is 76.0 Å². The smallest absolute Gasteiger partial charge is 0.265 e. The van der Waals surface area contributed by atoms with E-state index in [0.717, 1.165) is 0 Å². The summed E-state index contributed by atoms with van der Waals surface area (Å²) in [5, 5.41) is 1.38. The lowest BCUT2D eigenvalue weighted by molar-refractivity contribution is 0.0995. The maximum atomic E-state index is 11.5. The summed E-state index contributed by atoms with van der Waals surface area (Å²) in [6.45, 7) is 0. The number of rotatable bonds is 1. The van der Waals surface area contributed by atoms with Gasteiger partial charge in [0.05, 0.1) is 0 Å². The van der Waals surface area contributed by atoms with Crippen LogP contribution in [0.2, 0.25) is 5.02 Å². The van der Waals surface area contributed by atoms with Crippen LogP contribution in [0.3, 0.4) is 0 Å². The standard InChI is InChI=1S/C10H7ClN2O2/c11-7-3-1-2-5-6(7)4-8(9(12)14)13-10(5)15/h1-4H,(H2,12,14)(H,13,15). The number of hydrogen-bond donors (Lipinski definition) is 2. The van der Waals surface area contributed by atoms with Crippen molar-refractivity contribution in [3.05, 3.63) is 45.3 Å². The second kappa shape index (κ2) is 3.40. The van der Waals surface area contributed by atoms with E-state index in [9.17, 15) is 9.59 Å². The Morgan fingerprint density at radius 2 is 2.07 bits per heavy atom. The summed E-state index contributed by atoms with van der Waals surface area (Å²) in [4.78, 5) is 24.8. The number of pyridine rings is 1. The molecule has 0 saturated heterocycles. The summed E-state index contributed by atoms with van der Waals surface area (Å²) < 4.78 is 0. The van der Waals surface area contributed by atoms with Gasteiger partial charge in [0.2, 0.25) is 0 Å². The number of fused-ring (bicyclic) bond motifs is 1. The highest BCUT2D eigenvalue weighted by molar-refractivity contribution is 6.35. The molecule has 1 heterocycles. The molecule has 4 nitrogen and oxygen atoms in total. The molecule has 76 valence electrons. The predicted octanol–water partition coefficient (Wildman–Crippen LogP) is 1.28.